The molecule has 1 heterocycles. The maximum absolute atomic E-state index is 12.3. The molecule has 0 spiro atoms. The number of aryl methyl sites for hydroxylation is 1. The number of carbonyl (C=O) groups excluding carboxylic acids is 1. The van der Waals surface area contributed by atoms with Crippen LogP contribution in [0, 0.1) is 6.92 Å². The smallest absolute Gasteiger partial charge is 0.240 e. The predicted octanol–water partition coefficient (Wildman–Crippen LogP) is 1.71. The number of nitrogens with zero attached hydrogens (tertiary/aromatic N) is 1. The number of sulfonamides is 1. The third kappa shape index (κ3) is 5.17. The number of hydrogen-bond acceptors (Lipinski definition) is 6. The van der Waals surface area contributed by atoms with E-state index in [1.54, 1.807) is 12.1 Å². The number of aromatic nitrogens is 1. The van der Waals surface area contributed by atoms with Crippen molar-refractivity contribution in [2.24, 2.45) is 0 Å². The average Bonchev–Trinajstić information content (AvgIpc) is 2.60. The standard InChI is InChI=1S/C17H21N3O5S/c1-12-5-4-6-16(19-12)20-17(21)9-10-18-26(22,23)13-7-8-14(24-2)15(11-13)25-3/h4-8,11,18H,9-10H2,1-3H3,(H,19,20,21). The van der Waals surface area contributed by atoms with E-state index in [1.165, 1.54) is 32.4 Å². The van der Waals surface area contributed by atoms with Gasteiger partial charge in [0.15, 0.2) is 11.5 Å². The molecule has 2 rings (SSSR count). The van der Waals surface area contributed by atoms with Crippen LogP contribution in [0.3, 0.4) is 0 Å². The Balaban J connectivity index is 1.94. The zero-order valence-corrected chi connectivity index (χ0v) is 15.6. The van der Waals surface area contributed by atoms with Gasteiger partial charge in [0, 0.05) is 24.7 Å². The topological polar surface area (TPSA) is 107 Å². The molecule has 2 aromatic rings. The molecule has 0 aliphatic heterocycles. The summed E-state index contributed by atoms with van der Waals surface area (Å²) < 4.78 is 37.2. The number of methoxy groups -OCH3 is 2. The highest BCUT2D eigenvalue weighted by Crippen LogP contribution is 2.29. The first-order chi connectivity index (χ1) is 12.4. The van der Waals surface area contributed by atoms with Crippen LogP contribution in [0.4, 0.5) is 5.82 Å². The third-order valence-electron chi connectivity index (χ3n) is 3.47. The summed E-state index contributed by atoms with van der Waals surface area (Å²) in [5.74, 6) is 0.825. The molecule has 0 fully saturated rings. The van der Waals surface area contributed by atoms with Crippen molar-refractivity contribution < 1.29 is 22.7 Å². The van der Waals surface area contributed by atoms with Crippen molar-refractivity contribution in [3.63, 3.8) is 0 Å². The molecule has 140 valence electrons. The van der Waals surface area contributed by atoms with Crippen molar-refractivity contribution in [1.82, 2.24) is 9.71 Å². The molecule has 0 saturated carbocycles. The van der Waals surface area contributed by atoms with Crippen molar-refractivity contribution in [1.29, 1.82) is 0 Å². The fraction of sp³-hybridized carbons (Fsp3) is 0.294. The molecule has 0 unspecified atom stereocenters. The van der Waals surface area contributed by atoms with Crippen LogP contribution in [-0.2, 0) is 14.8 Å². The monoisotopic (exact) mass is 379 g/mol. The minimum atomic E-state index is -3.77. The Morgan fingerprint density at radius 3 is 2.50 bits per heavy atom. The van der Waals surface area contributed by atoms with Crippen LogP contribution >= 0.6 is 0 Å². The van der Waals surface area contributed by atoms with Crippen LogP contribution in [0.1, 0.15) is 12.1 Å². The lowest BCUT2D eigenvalue weighted by molar-refractivity contribution is -0.116. The molecule has 0 radical (unpaired) electrons. The molecule has 0 aliphatic carbocycles. The van der Waals surface area contributed by atoms with Gasteiger partial charge in [0.25, 0.3) is 0 Å². The minimum absolute atomic E-state index is 0.0240. The zero-order valence-electron chi connectivity index (χ0n) is 14.8. The second-order valence-corrected chi connectivity index (χ2v) is 7.14. The van der Waals surface area contributed by atoms with Crippen LogP contribution in [0.2, 0.25) is 0 Å². The van der Waals surface area contributed by atoms with Crippen LogP contribution in [-0.4, -0.2) is 40.1 Å². The van der Waals surface area contributed by atoms with E-state index in [-0.39, 0.29) is 23.8 Å². The molecular formula is C17H21N3O5S. The molecule has 1 aromatic heterocycles. The van der Waals surface area contributed by atoms with Gasteiger partial charge in [-0.05, 0) is 31.2 Å². The van der Waals surface area contributed by atoms with E-state index in [0.29, 0.717) is 17.3 Å². The summed E-state index contributed by atoms with van der Waals surface area (Å²) in [6.45, 7) is 1.77. The largest absolute Gasteiger partial charge is 0.493 e. The van der Waals surface area contributed by atoms with Crippen molar-refractivity contribution in [3.05, 3.63) is 42.1 Å². The number of anilines is 1. The van der Waals surface area contributed by atoms with E-state index in [0.717, 1.165) is 5.69 Å². The molecule has 26 heavy (non-hydrogen) atoms. The summed E-state index contributed by atoms with van der Waals surface area (Å²) >= 11 is 0. The summed E-state index contributed by atoms with van der Waals surface area (Å²) in [6, 6.07) is 9.52. The molecule has 9 heteroatoms. The average molecular weight is 379 g/mol. The summed E-state index contributed by atoms with van der Waals surface area (Å²) in [4.78, 5) is 16.1. The molecule has 0 aliphatic rings. The van der Waals surface area contributed by atoms with E-state index in [1.807, 2.05) is 13.0 Å². The van der Waals surface area contributed by atoms with Gasteiger partial charge in [-0.25, -0.2) is 18.1 Å². The van der Waals surface area contributed by atoms with Gasteiger partial charge in [-0.15, -0.1) is 0 Å². The lowest BCUT2D eigenvalue weighted by Crippen LogP contribution is -2.28. The van der Waals surface area contributed by atoms with Gasteiger partial charge in [0.2, 0.25) is 15.9 Å². The van der Waals surface area contributed by atoms with Crippen LogP contribution in [0.15, 0.2) is 41.3 Å². The van der Waals surface area contributed by atoms with Crippen LogP contribution in [0.5, 0.6) is 11.5 Å². The number of carbonyl (C=O) groups is 1. The lowest BCUT2D eigenvalue weighted by Gasteiger charge is -2.11. The maximum Gasteiger partial charge on any atom is 0.240 e. The second kappa shape index (κ2) is 8.63. The van der Waals surface area contributed by atoms with Crippen LogP contribution < -0.4 is 19.5 Å². The van der Waals surface area contributed by atoms with E-state index in [2.05, 4.69) is 15.0 Å². The highest BCUT2D eigenvalue weighted by molar-refractivity contribution is 7.89. The van der Waals surface area contributed by atoms with E-state index < -0.39 is 10.0 Å². The first-order valence-electron chi connectivity index (χ1n) is 7.81. The van der Waals surface area contributed by atoms with Gasteiger partial charge in [0.1, 0.15) is 5.82 Å². The van der Waals surface area contributed by atoms with Crippen molar-refractivity contribution in [2.45, 2.75) is 18.2 Å². The Morgan fingerprint density at radius 1 is 1.12 bits per heavy atom. The van der Waals surface area contributed by atoms with Gasteiger partial charge in [-0.1, -0.05) is 6.07 Å². The quantitative estimate of drug-likeness (QED) is 0.723. The predicted molar refractivity (Wildman–Crippen MR) is 97.0 cm³/mol. The fourth-order valence-corrected chi connectivity index (χ4v) is 3.23. The van der Waals surface area contributed by atoms with Gasteiger partial charge in [0.05, 0.1) is 19.1 Å². The summed E-state index contributed by atoms with van der Waals surface area (Å²) in [7, 11) is -0.888. The molecule has 0 atom stereocenters. The van der Waals surface area contributed by atoms with Crippen LogP contribution in [0.25, 0.3) is 0 Å². The first kappa shape index (κ1) is 19.7. The second-order valence-electron chi connectivity index (χ2n) is 5.38. The maximum atomic E-state index is 12.3. The van der Waals surface area contributed by atoms with Gasteiger partial charge in [-0.3, -0.25) is 4.79 Å². The number of rotatable bonds is 8. The summed E-state index contributed by atoms with van der Waals surface area (Å²) in [6.07, 6.45) is -0.0257. The van der Waals surface area contributed by atoms with Gasteiger partial charge >= 0.3 is 0 Å². The van der Waals surface area contributed by atoms with Crippen molar-refractivity contribution in [2.75, 3.05) is 26.1 Å². The number of amides is 1. The number of ether oxygens (including phenoxy) is 2. The Labute approximate surface area is 152 Å². The number of hydrogen-bond donors (Lipinski definition) is 2. The normalized spacial score (nSPS) is 11.0. The molecule has 0 bridgehead atoms. The fourth-order valence-electron chi connectivity index (χ4n) is 2.18. The van der Waals surface area contributed by atoms with E-state index >= 15 is 0 Å². The number of nitrogens with one attached hydrogen (secondary N) is 2. The molecule has 0 saturated heterocycles. The van der Waals surface area contributed by atoms with Crippen molar-refractivity contribution in [3.8, 4) is 11.5 Å². The van der Waals surface area contributed by atoms with E-state index in [9.17, 15) is 13.2 Å². The Kier molecular flexibility index (Phi) is 6.53. The summed E-state index contributed by atoms with van der Waals surface area (Å²) in [5.41, 5.74) is 0.775. The lowest BCUT2D eigenvalue weighted by atomic mass is 10.3. The molecule has 8 nitrogen and oxygen atoms in total. The van der Waals surface area contributed by atoms with Gasteiger partial charge in [-0.2, -0.15) is 0 Å². The van der Waals surface area contributed by atoms with E-state index in [4.69, 9.17) is 9.47 Å². The first-order valence-corrected chi connectivity index (χ1v) is 9.29. The SMILES string of the molecule is COc1ccc(S(=O)(=O)NCCC(=O)Nc2cccc(C)n2)cc1OC. The molecular weight excluding hydrogens is 358 g/mol. The Hall–Kier alpha value is -2.65. The minimum Gasteiger partial charge on any atom is -0.493 e. The van der Waals surface area contributed by atoms with Gasteiger partial charge < -0.3 is 14.8 Å². The third-order valence-corrected chi connectivity index (χ3v) is 4.92. The Bertz CT molecular complexity index is 884. The zero-order chi connectivity index (χ0) is 19.2. The summed E-state index contributed by atoms with van der Waals surface area (Å²) in [5, 5.41) is 2.62. The molecule has 1 amide bonds. The molecule has 1 aromatic carbocycles. The Morgan fingerprint density at radius 2 is 1.85 bits per heavy atom. The highest BCUT2D eigenvalue weighted by atomic mass is 32.2. The number of pyridine rings is 1. The molecule has 2 N–H and O–H groups in total. The highest BCUT2D eigenvalue weighted by Gasteiger charge is 2.17. The number of benzene rings is 1. The van der Waals surface area contributed by atoms with Crippen molar-refractivity contribution >= 4 is 21.7 Å².